The highest BCUT2D eigenvalue weighted by Gasteiger charge is 2.16. The second-order valence-electron chi connectivity index (χ2n) is 3.78. The normalized spacial score (nSPS) is 10.8. The zero-order valence-corrected chi connectivity index (χ0v) is 11.4. The Kier molecular flexibility index (Phi) is 2.92. The standard InChI is InChI=1S/C11H8ClN5OS/c1-6-14-15-11-17(6)16-10(19-11)9(18)13-8-5-3-2-4-7(8)12/h2-5H,1H3,(H,13,18). The van der Waals surface area contributed by atoms with E-state index in [4.69, 9.17) is 11.6 Å². The van der Waals surface area contributed by atoms with Crippen molar-refractivity contribution in [2.45, 2.75) is 6.92 Å². The first-order valence-electron chi connectivity index (χ1n) is 5.40. The Balaban J connectivity index is 1.90. The molecule has 0 aliphatic heterocycles. The molecule has 0 aliphatic rings. The van der Waals surface area contributed by atoms with Crippen LogP contribution < -0.4 is 5.32 Å². The van der Waals surface area contributed by atoms with E-state index in [1.165, 1.54) is 15.9 Å². The number of amides is 1. The SMILES string of the molecule is Cc1nnc2sc(C(=O)Nc3ccccc3Cl)nn12. The van der Waals surface area contributed by atoms with Gasteiger partial charge in [0.1, 0.15) is 0 Å². The van der Waals surface area contributed by atoms with E-state index in [9.17, 15) is 4.79 Å². The molecular formula is C11H8ClN5OS. The second-order valence-corrected chi connectivity index (χ2v) is 5.15. The summed E-state index contributed by atoms with van der Waals surface area (Å²) < 4.78 is 1.53. The van der Waals surface area contributed by atoms with Gasteiger partial charge in [0.2, 0.25) is 9.97 Å². The minimum Gasteiger partial charge on any atom is -0.318 e. The molecule has 0 atom stereocenters. The molecule has 3 rings (SSSR count). The summed E-state index contributed by atoms with van der Waals surface area (Å²) in [6.45, 7) is 1.77. The summed E-state index contributed by atoms with van der Waals surface area (Å²) in [6, 6.07) is 7.03. The van der Waals surface area contributed by atoms with Crippen molar-refractivity contribution in [3.05, 3.63) is 40.1 Å². The third kappa shape index (κ3) is 2.18. The van der Waals surface area contributed by atoms with Gasteiger partial charge in [-0.25, -0.2) is 0 Å². The Bertz CT molecular complexity index is 765. The Hall–Kier alpha value is -1.99. The average Bonchev–Trinajstić information content (AvgIpc) is 2.95. The number of rotatable bonds is 2. The molecular weight excluding hydrogens is 286 g/mol. The zero-order valence-electron chi connectivity index (χ0n) is 9.79. The topological polar surface area (TPSA) is 72.2 Å². The molecule has 19 heavy (non-hydrogen) atoms. The molecule has 0 saturated heterocycles. The minimum atomic E-state index is -0.317. The van der Waals surface area contributed by atoms with Crippen LogP contribution in [0.2, 0.25) is 5.02 Å². The molecule has 0 radical (unpaired) electrons. The quantitative estimate of drug-likeness (QED) is 0.787. The van der Waals surface area contributed by atoms with Crippen molar-refractivity contribution < 1.29 is 4.79 Å². The van der Waals surface area contributed by atoms with Crippen LogP contribution in [0.1, 0.15) is 15.6 Å². The first kappa shape index (κ1) is 12.1. The summed E-state index contributed by atoms with van der Waals surface area (Å²) in [5.41, 5.74) is 0.553. The molecule has 0 aliphatic carbocycles. The number of nitrogens with one attached hydrogen (secondary N) is 1. The lowest BCUT2D eigenvalue weighted by atomic mass is 10.3. The van der Waals surface area contributed by atoms with Crippen LogP contribution in [0.3, 0.4) is 0 Å². The van der Waals surface area contributed by atoms with Gasteiger partial charge in [0.15, 0.2) is 5.82 Å². The van der Waals surface area contributed by atoms with E-state index in [1.807, 2.05) is 0 Å². The van der Waals surface area contributed by atoms with Gasteiger partial charge in [-0.05, 0) is 19.1 Å². The summed E-state index contributed by atoms with van der Waals surface area (Å²) in [7, 11) is 0. The van der Waals surface area contributed by atoms with Crippen LogP contribution in [-0.2, 0) is 0 Å². The molecule has 0 unspecified atom stereocenters. The highest BCUT2D eigenvalue weighted by atomic mass is 35.5. The molecule has 1 amide bonds. The Morgan fingerprint density at radius 1 is 1.37 bits per heavy atom. The Morgan fingerprint density at radius 3 is 2.89 bits per heavy atom. The summed E-state index contributed by atoms with van der Waals surface area (Å²) in [5.74, 6) is 0.325. The molecule has 3 aromatic rings. The van der Waals surface area contributed by atoms with E-state index in [2.05, 4.69) is 20.6 Å². The number of hydrogen-bond donors (Lipinski definition) is 1. The van der Waals surface area contributed by atoms with E-state index >= 15 is 0 Å². The molecule has 0 fully saturated rings. The van der Waals surface area contributed by atoms with E-state index in [-0.39, 0.29) is 5.91 Å². The number of benzene rings is 1. The molecule has 1 aromatic carbocycles. The monoisotopic (exact) mass is 293 g/mol. The largest absolute Gasteiger partial charge is 0.318 e. The number of carbonyl (C=O) groups excluding carboxylic acids is 1. The number of aromatic nitrogens is 4. The van der Waals surface area contributed by atoms with Gasteiger partial charge in [0, 0.05) is 0 Å². The van der Waals surface area contributed by atoms with Crippen LogP contribution in [-0.4, -0.2) is 25.7 Å². The van der Waals surface area contributed by atoms with Crippen molar-refractivity contribution in [1.29, 1.82) is 0 Å². The average molecular weight is 294 g/mol. The Morgan fingerprint density at radius 2 is 2.16 bits per heavy atom. The lowest BCUT2D eigenvalue weighted by molar-refractivity contribution is 0.102. The first-order chi connectivity index (χ1) is 9.15. The highest BCUT2D eigenvalue weighted by molar-refractivity contribution is 7.18. The van der Waals surface area contributed by atoms with Crippen molar-refractivity contribution in [2.75, 3.05) is 5.32 Å². The second kappa shape index (κ2) is 4.60. The van der Waals surface area contributed by atoms with Crippen LogP contribution in [0.4, 0.5) is 5.69 Å². The molecule has 2 heterocycles. The van der Waals surface area contributed by atoms with Gasteiger partial charge in [0.25, 0.3) is 5.91 Å². The number of para-hydroxylation sites is 1. The number of nitrogens with zero attached hydrogens (tertiary/aromatic N) is 4. The van der Waals surface area contributed by atoms with Gasteiger partial charge in [-0.15, -0.1) is 15.3 Å². The van der Waals surface area contributed by atoms with E-state index in [0.717, 1.165) is 0 Å². The third-order valence-corrected chi connectivity index (χ3v) is 3.69. The Labute approximate surface area is 117 Å². The number of halogens is 1. The number of fused-ring (bicyclic) bond motifs is 1. The maximum atomic E-state index is 12.1. The number of carbonyl (C=O) groups is 1. The number of hydrogen-bond acceptors (Lipinski definition) is 5. The van der Waals surface area contributed by atoms with Crippen LogP contribution in [0, 0.1) is 6.92 Å². The van der Waals surface area contributed by atoms with Crippen LogP contribution in [0.25, 0.3) is 4.96 Å². The number of anilines is 1. The van der Waals surface area contributed by atoms with Crippen molar-refractivity contribution in [3.63, 3.8) is 0 Å². The van der Waals surface area contributed by atoms with Crippen LogP contribution in [0.15, 0.2) is 24.3 Å². The van der Waals surface area contributed by atoms with E-state index in [0.29, 0.717) is 26.5 Å². The van der Waals surface area contributed by atoms with Crippen LogP contribution >= 0.6 is 22.9 Å². The molecule has 96 valence electrons. The van der Waals surface area contributed by atoms with Gasteiger partial charge in [-0.3, -0.25) is 4.79 Å². The molecule has 8 heteroatoms. The first-order valence-corrected chi connectivity index (χ1v) is 6.59. The number of aryl methyl sites for hydroxylation is 1. The smallest absolute Gasteiger partial charge is 0.286 e. The van der Waals surface area contributed by atoms with Gasteiger partial charge < -0.3 is 5.32 Å². The van der Waals surface area contributed by atoms with E-state index in [1.54, 1.807) is 31.2 Å². The predicted molar refractivity (Wildman–Crippen MR) is 72.8 cm³/mol. The van der Waals surface area contributed by atoms with Crippen molar-refractivity contribution in [1.82, 2.24) is 19.8 Å². The minimum absolute atomic E-state index is 0.313. The summed E-state index contributed by atoms with van der Waals surface area (Å²) in [4.78, 5) is 12.6. The molecule has 1 N–H and O–H groups in total. The van der Waals surface area contributed by atoms with Crippen molar-refractivity contribution in [2.24, 2.45) is 0 Å². The predicted octanol–water partition coefficient (Wildman–Crippen LogP) is 2.40. The fourth-order valence-corrected chi connectivity index (χ4v) is 2.51. The lowest BCUT2D eigenvalue weighted by Crippen LogP contribution is -2.12. The van der Waals surface area contributed by atoms with Gasteiger partial charge in [-0.1, -0.05) is 35.1 Å². The molecule has 2 aromatic heterocycles. The van der Waals surface area contributed by atoms with Crippen molar-refractivity contribution in [3.8, 4) is 0 Å². The van der Waals surface area contributed by atoms with Gasteiger partial charge in [-0.2, -0.15) is 4.52 Å². The van der Waals surface area contributed by atoms with Crippen LogP contribution in [0.5, 0.6) is 0 Å². The zero-order chi connectivity index (χ0) is 13.4. The lowest BCUT2D eigenvalue weighted by Gasteiger charge is -2.03. The van der Waals surface area contributed by atoms with Gasteiger partial charge >= 0.3 is 0 Å². The molecule has 0 bridgehead atoms. The summed E-state index contributed by atoms with van der Waals surface area (Å²) in [6.07, 6.45) is 0. The molecule has 6 nitrogen and oxygen atoms in total. The molecule has 0 spiro atoms. The fraction of sp³-hybridized carbons (Fsp3) is 0.0909. The molecule has 0 saturated carbocycles. The third-order valence-electron chi connectivity index (χ3n) is 2.46. The van der Waals surface area contributed by atoms with E-state index < -0.39 is 0 Å². The fourth-order valence-electron chi connectivity index (χ4n) is 1.54. The van der Waals surface area contributed by atoms with Crippen molar-refractivity contribution >= 4 is 39.5 Å². The highest BCUT2D eigenvalue weighted by Crippen LogP contribution is 2.22. The summed E-state index contributed by atoms with van der Waals surface area (Å²) >= 11 is 7.15. The van der Waals surface area contributed by atoms with Gasteiger partial charge in [0.05, 0.1) is 10.7 Å². The maximum Gasteiger partial charge on any atom is 0.286 e. The summed E-state index contributed by atoms with van der Waals surface area (Å²) in [5, 5.41) is 15.4. The maximum absolute atomic E-state index is 12.1.